The van der Waals surface area contributed by atoms with Gasteiger partial charge in [0, 0.05) is 19.0 Å². The number of ether oxygens (including phenoxy) is 2. The number of methoxy groups -OCH3 is 1. The van der Waals surface area contributed by atoms with Crippen molar-refractivity contribution in [3.63, 3.8) is 0 Å². The molecule has 1 aliphatic heterocycles. The van der Waals surface area contributed by atoms with Crippen LogP contribution in [-0.4, -0.2) is 30.4 Å². The molecule has 3 aromatic carbocycles. The van der Waals surface area contributed by atoms with Crippen molar-refractivity contribution < 1.29 is 19.1 Å². The molecule has 0 bridgehead atoms. The first-order valence-electron chi connectivity index (χ1n) is 11.0. The molecule has 0 aromatic heterocycles. The smallest absolute Gasteiger partial charge is 0.227 e. The summed E-state index contributed by atoms with van der Waals surface area (Å²) in [5.41, 5.74) is 4.47. The van der Waals surface area contributed by atoms with Crippen molar-refractivity contribution in [2.45, 2.75) is 32.5 Å². The van der Waals surface area contributed by atoms with E-state index in [1.165, 1.54) is 6.92 Å². The zero-order valence-corrected chi connectivity index (χ0v) is 18.9. The van der Waals surface area contributed by atoms with Crippen molar-refractivity contribution in [3.05, 3.63) is 95.1 Å². The fraction of sp³-hybridized carbons (Fsp3) is 0.259. The van der Waals surface area contributed by atoms with Crippen LogP contribution >= 0.6 is 0 Å². The first kappa shape index (κ1) is 22.6. The molecule has 3 aromatic rings. The van der Waals surface area contributed by atoms with Gasteiger partial charge in [0.05, 0.1) is 38.5 Å². The van der Waals surface area contributed by atoms with Gasteiger partial charge in [0.2, 0.25) is 11.8 Å². The summed E-state index contributed by atoms with van der Waals surface area (Å²) in [4.78, 5) is 26.8. The number of nitrogens with zero attached hydrogens (tertiary/aromatic N) is 1. The quantitative estimate of drug-likeness (QED) is 0.556. The van der Waals surface area contributed by atoms with Crippen LogP contribution in [0.25, 0.3) is 0 Å². The summed E-state index contributed by atoms with van der Waals surface area (Å²) in [6.45, 7) is 2.67. The van der Waals surface area contributed by atoms with E-state index in [4.69, 9.17) is 9.47 Å². The molecule has 6 nitrogen and oxygen atoms in total. The Balaban J connectivity index is 1.70. The number of nitrogens with one attached hydrogen (secondary N) is 1. The first-order chi connectivity index (χ1) is 16.1. The first-order valence-corrected chi connectivity index (χ1v) is 11.0. The molecule has 0 unspecified atom stereocenters. The maximum absolute atomic E-state index is 13.2. The highest BCUT2D eigenvalue weighted by Crippen LogP contribution is 2.42. The molecule has 0 radical (unpaired) electrons. The molecule has 1 aliphatic rings. The summed E-state index contributed by atoms with van der Waals surface area (Å²) in [5, 5.41) is 2.84. The van der Waals surface area contributed by atoms with Gasteiger partial charge in [0.1, 0.15) is 5.75 Å². The van der Waals surface area contributed by atoms with E-state index in [0.717, 1.165) is 22.3 Å². The Hall–Kier alpha value is -3.64. The molecule has 1 heterocycles. The van der Waals surface area contributed by atoms with Gasteiger partial charge in [-0.25, -0.2) is 0 Å². The monoisotopic (exact) mass is 444 g/mol. The second-order valence-corrected chi connectivity index (χ2v) is 8.10. The number of carbonyl (C=O) groups excluding carboxylic acids is 2. The van der Waals surface area contributed by atoms with Crippen LogP contribution < -0.4 is 10.1 Å². The fourth-order valence-electron chi connectivity index (χ4n) is 4.28. The van der Waals surface area contributed by atoms with Crippen molar-refractivity contribution in [1.82, 2.24) is 4.90 Å². The lowest BCUT2D eigenvalue weighted by molar-refractivity contribution is -0.136. The van der Waals surface area contributed by atoms with E-state index >= 15 is 0 Å². The molecule has 6 heteroatoms. The van der Waals surface area contributed by atoms with Crippen LogP contribution in [0.4, 0.5) is 5.69 Å². The Morgan fingerprint density at radius 1 is 1.00 bits per heavy atom. The molecule has 4 rings (SSSR count). The molecule has 0 saturated carbocycles. The van der Waals surface area contributed by atoms with Gasteiger partial charge >= 0.3 is 0 Å². The van der Waals surface area contributed by atoms with E-state index in [1.807, 2.05) is 71.6 Å². The van der Waals surface area contributed by atoms with Crippen LogP contribution in [0.1, 0.15) is 35.2 Å². The van der Waals surface area contributed by atoms with Gasteiger partial charge in [0.15, 0.2) is 0 Å². The van der Waals surface area contributed by atoms with Crippen molar-refractivity contribution in [2.75, 3.05) is 19.0 Å². The van der Waals surface area contributed by atoms with Crippen LogP contribution in [0.3, 0.4) is 0 Å². The minimum absolute atomic E-state index is 0.0361. The summed E-state index contributed by atoms with van der Waals surface area (Å²) < 4.78 is 11.9. The predicted octanol–water partition coefficient (Wildman–Crippen LogP) is 4.50. The van der Waals surface area contributed by atoms with E-state index < -0.39 is 0 Å². The Morgan fingerprint density at radius 3 is 2.30 bits per heavy atom. The number of amides is 2. The highest BCUT2D eigenvalue weighted by molar-refractivity contribution is 5.92. The van der Waals surface area contributed by atoms with E-state index in [-0.39, 0.29) is 24.3 Å². The maximum atomic E-state index is 13.2. The number of rotatable bonds is 8. The van der Waals surface area contributed by atoms with Crippen LogP contribution in [0.15, 0.2) is 72.8 Å². The number of hydrogen-bond donors (Lipinski definition) is 1. The van der Waals surface area contributed by atoms with Crippen molar-refractivity contribution in [2.24, 2.45) is 0 Å². The highest BCUT2D eigenvalue weighted by atomic mass is 16.5. The molecule has 0 spiro atoms. The number of carbonyl (C=O) groups is 2. The normalized spacial score (nSPS) is 15.2. The number of fused-ring (bicyclic) bond motifs is 1. The zero-order valence-electron chi connectivity index (χ0n) is 18.9. The largest absolute Gasteiger partial charge is 0.494 e. The van der Waals surface area contributed by atoms with Crippen molar-refractivity contribution >= 4 is 17.5 Å². The number of anilines is 1. The number of benzene rings is 3. The lowest BCUT2D eigenvalue weighted by Gasteiger charge is -2.38. The standard InChI is InChI=1S/C27H28N2O4/c1-19(30)28-23-14-13-22-15-25(31)29(16-20-9-5-3-6-10-20)24(26(22)27(23)32-2)18-33-17-21-11-7-4-8-12-21/h3-14,24H,15-18H2,1-2H3,(H,28,30)/t24-/m0/s1. The van der Waals surface area contributed by atoms with E-state index in [0.29, 0.717) is 31.2 Å². The third kappa shape index (κ3) is 5.23. The van der Waals surface area contributed by atoms with Crippen molar-refractivity contribution in [3.8, 4) is 5.75 Å². The molecule has 1 atom stereocenters. The molecule has 170 valence electrons. The van der Waals surface area contributed by atoms with Crippen LogP contribution in [0, 0.1) is 0 Å². The second-order valence-electron chi connectivity index (χ2n) is 8.10. The Kier molecular flexibility index (Phi) is 7.05. The minimum Gasteiger partial charge on any atom is -0.494 e. The van der Waals surface area contributed by atoms with E-state index in [1.54, 1.807) is 13.2 Å². The molecule has 0 saturated heterocycles. The molecule has 33 heavy (non-hydrogen) atoms. The van der Waals surface area contributed by atoms with Crippen LogP contribution in [0.2, 0.25) is 0 Å². The van der Waals surface area contributed by atoms with Gasteiger partial charge in [-0.3, -0.25) is 9.59 Å². The van der Waals surface area contributed by atoms with Gasteiger partial charge in [-0.2, -0.15) is 0 Å². The Morgan fingerprint density at radius 2 is 1.67 bits per heavy atom. The minimum atomic E-state index is -0.353. The average Bonchev–Trinajstić information content (AvgIpc) is 2.82. The van der Waals surface area contributed by atoms with Gasteiger partial charge in [-0.1, -0.05) is 66.7 Å². The summed E-state index contributed by atoms with van der Waals surface area (Å²) in [5.74, 6) is 0.425. The lowest BCUT2D eigenvalue weighted by Crippen LogP contribution is -2.42. The summed E-state index contributed by atoms with van der Waals surface area (Å²) in [7, 11) is 1.58. The van der Waals surface area contributed by atoms with Crippen LogP contribution in [-0.2, 0) is 33.9 Å². The predicted molar refractivity (Wildman–Crippen MR) is 127 cm³/mol. The molecular weight excluding hydrogens is 416 g/mol. The second kappa shape index (κ2) is 10.3. The third-order valence-corrected chi connectivity index (χ3v) is 5.76. The third-order valence-electron chi connectivity index (χ3n) is 5.76. The van der Waals surface area contributed by atoms with Crippen LogP contribution in [0.5, 0.6) is 5.75 Å². The van der Waals surface area contributed by atoms with Gasteiger partial charge in [0.25, 0.3) is 0 Å². The molecule has 0 fully saturated rings. The SMILES string of the molecule is COc1c(NC(C)=O)ccc2c1[C@H](COCc1ccccc1)N(Cc1ccccc1)C(=O)C2. The molecule has 1 N–H and O–H groups in total. The van der Waals surface area contributed by atoms with E-state index in [9.17, 15) is 9.59 Å². The Labute approximate surface area is 194 Å². The average molecular weight is 445 g/mol. The van der Waals surface area contributed by atoms with Gasteiger partial charge < -0.3 is 19.7 Å². The fourth-order valence-corrected chi connectivity index (χ4v) is 4.28. The summed E-state index contributed by atoms with van der Waals surface area (Å²) in [6, 6.07) is 23.2. The van der Waals surface area contributed by atoms with Crippen molar-refractivity contribution in [1.29, 1.82) is 0 Å². The number of hydrogen-bond acceptors (Lipinski definition) is 4. The topological polar surface area (TPSA) is 67.9 Å². The van der Waals surface area contributed by atoms with Gasteiger partial charge in [-0.15, -0.1) is 0 Å². The highest BCUT2D eigenvalue weighted by Gasteiger charge is 2.36. The maximum Gasteiger partial charge on any atom is 0.227 e. The van der Waals surface area contributed by atoms with Gasteiger partial charge in [-0.05, 0) is 22.8 Å². The zero-order chi connectivity index (χ0) is 23.2. The lowest BCUT2D eigenvalue weighted by atomic mass is 9.90. The van der Waals surface area contributed by atoms with E-state index in [2.05, 4.69) is 5.32 Å². The molecule has 0 aliphatic carbocycles. The Bertz CT molecular complexity index is 1120. The summed E-state index contributed by atoms with van der Waals surface area (Å²) in [6.07, 6.45) is 0.272. The summed E-state index contributed by atoms with van der Waals surface area (Å²) >= 11 is 0. The molecular formula is C27H28N2O4. The molecule has 2 amide bonds.